The van der Waals surface area contributed by atoms with Gasteiger partial charge in [0, 0.05) is 24.2 Å². The number of ketones is 2. The van der Waals surface area contributed by atoms with Gasteiger partial charge in [-0.3, -0.25) is 14.4 Å². The molecule has 0 amide bonds. The number of ether oxygens (including phenoxy) is 1. The van der Waals surface area contributed by atoms with Gasteiger partial charge in [0.25, 0.3) is 0 Å². The van der Waals surface area contributed by atoms with E-state index in [-0.39, 0.29) is 42.5 Å². The smallest absolute Gasteiger partial charge is 0.303 e. The summed E-state index contributed by atoms with van der Waals surface area (Å²) in [6.07, 6.45) is 1.90. The van der Waals surface area contributed by atoms with Crippen LogP contribution in [0.5, 0.6) is 0 Å². The Labute approximate surface area is 174 Å². The number of fused-ring (bicyclic) bond motifs is 5. The lowest BCUT2D eigenvalue weighted by molar-refractivity contribution is -0.202. The number of aliphatic hydroxyl groups excluding tert-OH is 1. The summed E-state index contributed by atoms with van der Waals surface area (Å²) in [6, 6.07) is 0. The van der Waals surface area contributed by atoms with E-state index in [1.807, 2.05) is 6.92 Å². The molecule has 8 unspecified atom stereocenters. The van der Waals surface area contributed by atoms with Crippen molar-refractivity contribution in [2.45, 2.75) is 64.4 Å². The predicted octanol–water partition coefficient (Wildman–Crippen LogP) is 3.05. The Balaban J connectivity index is 1.71. The number of halogens is 2. The van der Waals surface area contributed by atoms with Crippen LogP contribution in [-0.4, -0.2) is 47.2 Å². The molecule has 0 aromatic heterocycles. The number of alkyl halides is 2. The van der Waals surface area contributed by atoms with E-state index in [1.165, 1.54) is 25.2 Å². The van der Waals surface area contributed by atoms with Gasteiger partial charge in [0.15, 0.2) is 17.2 Å². The number of aliphatic hydroxyl groups is 1. The largest absolute Gasteiger partial charge is 0.458 e. The van der Waals surface area contributed by atoms with Gasteiger partial charge in [0.1, 0.15) is 12.8 Å². The SMILES string of the molecule is CC(=O)OCC(=O)C1CCC2C3CC(F)C4=CC(=O)C=CC4(C)C3(F)C(O)CC12C. The maximum Gasteiger partial charge on any atom is 0.303 e. The highest BCUT2D eigenvalue weighted by Crippen LogP contribution is 2.69. The summed E-state index contributed by atoms with van der Waals surface area (Å²) in [5, 5.41) is 11.1. The van der Waals surface area contributed by atoms with Crippen molar-refractivity contribution in [1.29, 1.82) is 0 Å². The molecule has 0 heterocycles. The molecule has 164 valence electrons. The van der Waals surface area contributed by atoms with E-state index in [0.29, 0.717) is 12.8 Å². The molecular formula is C23H28F2O5. The second-order valence-corrected chi connectivity index (χ2v) is 9.82. The van der Waals surface area contributed by atoms with Crippen LogP contribution in [0.1, 0.15) is 46.5 Å². The second-order valence-electron chi connectivity index (χ2n) is 9.82. The van der Waals surface area contributed by atoms with Gasteiger partial charge in [-0.2, -0.15) is 0 Å². The number of Topliss-reactive ketones (excluding diaryl/α,β-unsaturated/α-hetero) is 1. The number of rotatable bonds is 3. The van der Waals surface area contributed by atoms with Crippen molar-refractivity contribution in [1.82, 2.24) is 0 Å². The number of carbonyl (C=O) groups excluding carboxylic acids is 3. The maximum absolute atomic E-state index is 16.8. The minimum Gasteiger partial charge on any atom is -0.458 e. The van der Waals surface area contributed by atoms with Gasteiger partial charge in [-0.05, 0) is 61.7 Å². The summed E-state index contributed by atoms with van der Waals surface area (Å²) in [6.45, 7) is 4.31. The average Bonchev–Trinajstić information content (AvgIpc) is 3.00. The molecule has 0 aromatic rings. The first-order chi connectivity index (χ1) is 13.9. The third-order valence-electron chi connectivity index (χ3n) is 8.43. The van der Waals surface area contributed by atoms with Crippen LogP contribution in [0.15, 0.2) is 23.8 Å². The maximum atomic E-state index is 16.8. The van der Waals surface area contributed by atoms with Crippen molar-refractivity contribution in [3.05, 3.63) is 23.8 Å². The van der Waals surface area contributed by atoms with E-state index in [9.17, 15) is 19.5 Å². The van der Waals surface area contributed by atoms with Gasteiger partial charge < -0.3 is 9.84 Å². The molecule has 4 aliphatic rings. The molecule has 3 saturated carbocycles. The molecule has 0 aromatic carbocycles. The number of hydrogen-bond acceptors (Lipinski definition) is 5. The van der Waals surface area contributed by atoms with E-state index < -0.39 is 46.6 Å². The standard InChI is InChI=1S/C23H28F2O5/c1-12(26)30-11-19(28)15-5-4-14-16-9-18(24)17-8-13(27)6-7-22(17,3)23(16,25)20(29)10-21(14,15)2/h6-8,14-16,18,20,29H,4-5,9-11H2,1-3H3. The highest BCUT2D eigenvalue weighted by atomic mass is 19.1. The lowest BCUT2D eigenvalue weighted by Gasteiger charge is -2.62. The van der Waals surface area contributed by atoms with E-state index >= 15 is 8.78 Å². The third kappa shape index (κ3) is 2.70. The fourth-order valence-electron chi connectivity index (χ4n) is 7.00. The highest BCUT2D eigenvalue weighted by Gasteiger charge is 2.72. The second kappa shape index (κ2) is 6.81. The fourth-order valence-corrected chi connectivity index (χ4v) is 7.00. The van der Waals surface area contributed by atoms with E-state index in [1.54, 1.807) is 6.92 Å². The molecular weight excluding hydrogens is 394 g/mol. The van der Waals surface area contributed by atoms with Crippen LogP contribution in [0, 0.1) is 28.6 Å². The van der Waals surface area contributed by atoms with Crippen molar-refractivity contribution in [2.75, 3.05) is 6.61 Å². The lowest BCUT2D eigenvalue weighted by Crippen LogP contribution is -2.68. The zero-order valence-corrected chi connectivity index (χ0v) is 17.5. The zero-order chi connectivity index (χ0) is 22.1. The Morgan fingerprint density at radius 2 is 1.97 bits per heavy atom. The molecule has 5 nitrogen and oxygen atoms in total. The summed E-state index contributed by atoms with van der Waals surface area (Å²) >= 11 is 0. The molecule has 1 N–H and O–H groups in total. The average molecular weight is 422 g/mol. The Bertz CT molecular complexity index is 866. The summed E-state index contributed by atoms with van der Waals surface area (Å²) in [5.74, 6) is -2.72. The van der Waals surface area contributed by atoms with Gasteiger partial charge in [0.05, 0.1) is 6.10 Å². The molecule has 0 aliphatic heterocycles. The van der Waals surface area contributed by atoms with Crippen LogP contribution < -0.4 is 0 Å². The minimum atomic E-state index is -2.13. The normalized spacial score (nSPS) is 47.1. The topological polar surface area (TPSA) is 80.7 Å². The van der Waals surface area contributed by atoms with Gasteiger partial charge in [-0.15, -0.1) is 0 Å². The quantitative estimate of drug-likeness (QED) is 0.707. The van der Waals surface area contributed by atoms with Crippen LogP contribution in [-0.2, 0) is 19.1 Å². The molecule has 0 radical (unpaired) electrons. The van der Waals surface area contributed by atoms with Crippen molar-refractivity contribution >= 4 is 17.5 Å². The first kappa shape index (κ1) is 21.3. The number of carbonyl (C=O) groups is 3. The van der Waals surface area contributed by atoms with Gasteiger partial charge >= 0.3 is 5.97 Å². The molecule has 0 bridgehead atoms. The molecule has 4 rings (SSSR count). The van der Waals surface area contributed by atoms with Crippen molar-refractivity contribution in [3.63, 3.8) is 0 Å². The lowest BCUT2D eigenvalue weighted by atomic mass is 9.45. The van der Waals surface area contributed by atoms with Crippen molar-refractivity contribution in [2.24, 2.45) is 28.6 Å². The first-order valence-corrected chi connectivity index (χ1v) is 10.6. The Morgan fingerprint density at radius 3 is 2.63 bits per heavy atom. The Hall–Kier alpha value is -1.89. The van der Waals surface area contributed by atoms with E-state index in [2.05, 4.69) is 0 Å². The van der Waals surface area contributed by atoms with E-state index in [4.69, 9.17) is 4.74 Å². The highest BCUT2D eigenvalue weighted by molar-refractivity contribution is 6.01. The predicted molar refractivity (Wildman–Crippen MR) is 104 cm³/mol. The minimum absolute atomic E-state index is 0.0583. The van der Waals surface area contributed by atoms with Gasteiger partial charge in [-0.25, -0.2) is 8.78 Å². The third-order valence-corrected chi connectivity index (χ3v) is 8.43. The Kier molecular flexibility index (Phi) is 4.84. The molecule has 8 atom stereocenters. The molecule has 30 heavy (non-hydrogen) atoms. The van der Waals surface area contributed by atoms with Crippen LogP contribution in [0.4, 0.5) is 8.78 Å². The summed E-state index contributed by atoms with van der Waals surface area (Å²) in [7, 11) is 0. The number of hydrogen-bond donors (Lipinski definition) is 1. The summed E-state index contributed by atoms with van der Waals surface area (Å²) in [5.41, 5.74) is -4.15. The van der Waals surface area contributed by atoms with Crippen LogP contribution in [0.25, 0.3) is 0 Å². The van der Waals surface area contributed by atoms with Crippen LogP contribution in [0.2, 0.25) is 0 Å². The number of allylic oxidation sites excluding steroid dienone is 4. The number of esters is 1. The first-order valence-electron chi connectivity index (χ1n) is 10.6. The van der Waals surface area contributed by atoms with Gasteiger partial charge in [-0.1, -0.05) is 13.0 Å². The fraction of sp³-hybridized carbons (Fsp3) is 0.696. The van der Waals surface area contributed by atoms with Crippen LogP contribution in [0.3, 0.4) is 0 Å². The molecule has 0 saturated heterocycles. The van der Waals surface area contributed by atoms with Gasteiger partial charge in [0.2, 0.25) is 0 Å². The summed E-state index contributed by atoms with van der Waals surface area (Å²) in [4.78, 5) is 35.7. The van der Waals surface area contributed by atoms with Crippen molar-refractivity contribution in [3.8, 4) is 0 Å². The molecule has 3 fully saturated rings. The molecule has 4 aliphatic carbocycles. The molecule has 7 heteroatoms. The zero-order valence-electron chi connectivity index (χ0n) is 17.5. The van der Waals surface area contributed by atoms with E-state index in [0.717, 1.165) is 0 Å². The monoisotopic (exact) mass is 422 g/mol. The Morgan fingerprint density at radius 1 is 1.27 bits per heavy atom. The van der Waals surface area contributed by atoms with Crippen LogP contribution >= 0.6 is 0 Å². The molecule has 0 spiro atoms. The van der Waals surface area contributed by atoms with Crippen molar-refractivity contribution < 1.29 is 33.0 Å². The summed E-state index contributed by atoms with van der Waals surface area (Å²) < 4.78 is 36.9.